The molecule has 0 saturated heterocycles. The minimum atomic E-state index is -1.61. The Labute approximate surface area is 121 Å². The van der Waals surface area contributed by atoms with Crippen molar-refractivity contribution in [1.82, 2.24) is 0 Å². The topological polar surface area (TPSA) is 74.6 Å². The number of aliphatic hydroxyl groups excluding tert-OH is 1. The first kappa shape index (κ1) is 15.3. The fourth-order valence-corrected chi connectivity index (χ4v) is 2.36. The van der Waals surface area contributed by atoms with E-state index in [1.54, 1.807) is 18.2 Å². The fourth-order valence-electron chi connectivity index (χ4n) is 1.67. The maximum absolute atomic E-state index is 11.4. The number of carbonyl (C=O) groups excluding carboxylic acids is 1. The Morgan fingerprint density at radius 2 is 1.83 bits per heavy atom. The first-order valence-electron chi connectivity index (χ1n) is 5.16. The molecular formula is C12H12Br2O4. The van der Waals surface area contributed by atoms with E-state index in [2.05, 4.69) is 31.9 Å². The predicted octanol–water partition coefficient (Wildman–Crippen LogP) is 2.21. The zero-order chi connectivity index (χ0) is 13.7. The van der Waals surface area contributed by atoms with Gasteiger partial charge in [0.05, 0.1) is 5.33 Å². The van der Waals surface area contributed by atoms with Gasteiger partial charge in [-0.25, -0.2) is 4.79 Å². The number of carboxylic acid groups (broad SMARTS) is 1. The van der Waals surface area contributed by atoms with E-state index in [0.717, 1.165) is 0 Å². The SMILES string of the molecule is O=C(CBr)Cc1cccc(CBr)c1C(O)C(=O)O. The van der Waals surface area contributed by atoms with Crippen LogP contribution in [0.1, 0.15) is 22.8 Å². The summed E-state index contributed by atoms with van der Waals surface area (Å²) < 4.78 is 0. The Morgan fingerprint density at radius 3 is 2.33 bits per heavy atom. The lowest BCUT2D eigenvalue weighted by Gasteiger charge is -2.15. The van der Waals surface area contributed by atoms with Gasteiger partial charge in [-0.05, 0) is 16.7 Å². The lowest BCUT2D eigenvalue weighted by Crippen LogP contribution is -2.17. The van der Waals surface area contributed by atoms with Gasteiger partial charge < -0.3 is 10.2 Å². The summed E-state index contributed by atoms with van der Waals surface area (Å²) in [5.41, 5.74) is 1.52. The highest BCUT2D eigenvalue weighted by atomic mass is 79.9. The summed E-state index contributed by atoms with van der Waals surface area (Å²) in [5, 5.41) is 19.3. The molecule has 0 aromatic heterocycles. The molecule has 0 bridgehead atoms. The van der Waals surface area contributed by atoms with Gasteiger partial charge in [-0.1, -0.05) is 50.1 Å². The molecule has 1 rings (SSSR count). The number of carbonyl (C=O) groups is 2. The molecule has 1 aromatic carbocycles. The van der Waals surface area contributed by atoms with Gasteiger partial charge in [0.2, 0.25) is 0 Å². The second-order valence-corrected chi connectivity index (χ2v) is 4.83. The molecule has 0 saturated carbocycles. The first-order valence-corrected chi connectivity index (χ1v) is 7.40. The summed E-state index contributed by atoms with van der Waals surface area (Å²) in [6.07, 6.45) is -1.51. The van der Waals surface area contributed by atoms with Crippen LogP contribution in [0.15, 0.2) is 18.2 Å². The van der Waals surface area contributed by atoms with Crippen molar-refractivity contribution in [2.75, 3.05) is 5.33 Å². The molecule has 0 aliphatic carbocycles. The smallest absolute Gasteiger partial charge is 0.337 e. The highest BCUT2D eigenvalue weighted by Gasteiger charge is 2.23. The van der Waals surface area contributed by atoms with Crippen molar-refractivity contribution in [3.8, 4) is 0 Å². The molecule has 0 spiro atoms. The van der Waals surface area contributed by atoms with Crippen molar-refractivity contribution in [2.24, 2.45) is 0 Å². The van der Waals surface area contributed by atoms with Crippen molar-refractivity contribution in [3.05, 3.63) is 34.9 Å². The van der Waals surface area contributed by atoms with Gasteiger partial charge in [-0.2, -0.15) is 0 Å². The first-order chi connectivity index (χ1) is 8.51. The van der Waals surface area contributed by atoms with E-state index < -0.39 is 12.1 Å². The third kappa shape index (κ3) is 3.63. The second-order valence-electron chi connectivity index (χ2n) is 3.71. The van der Waals surface area contributed by atoms with Crippen LogP contribution in [-0.2, 0) is 21.3 Å². The number of carboxylic acids is 1. The van der Waals surface area contributed by atoms with Crippen molar-refractivity contribution in [2.45, 2.75) is 17.9 Å². The maximum Gasteiger partial charge on any atom is 0.337 e. The second kappa shape index (κ2) is 7.01. The van der Waals surface area contributed by atoms with E-state index in [4.69, 9.17) is 5.11 Å². The van der Waals surface area contributed by atoms with Crippen LogP contribution in [0.2, 0.25) is 0 Å². The van der Waals surface area contributed by atoms with E-state index >= 15 is 0 Å². The quantitative estimate of drug-likeness (QED) is 0.743. The molecule has 0 aliphatic rings. The number of hydrogen-bond donors (Lipinski definition) is 2. The number of aliphatic carboxylic acids is 1. The Bertz CT molecular complexity index is 459. The van der Waals surface area contributed by atoms with Gasteiger partial charge in [0.15, 0.2) is 6.10 Å². The van der Waals surface area contributed by atoms with Gasteiger partial charge in [-0.15, -0.1) is 0 Å². The van der Waals surface area contributed by atoms with Crippen molar-refractivity contribution < 1.29 is 19.8 Å². The predicted molar refractivity (Wildman–Crippen MR) is 74.2 cm³/mol. The molecule has 0 radical (unpaired) electrons. The molecule has 0 aliphatic heterocycles. The maximum atomic E-state index is 11.4. The van der Waals surface area contributed by atoms with Crippen LogP contribution in [0.4, 0.5) is 0 Å². The monoisotopic (exact) mass is 378 g/mol. The normalized spacial score (nSPS) is 12.2. The number of benzene rings is 1. The van der Waals surface area contributed by atoms with Gasteiger partial charge in [0, 0.05) is 11.8 Å². The minimum absolute atomic E-state index is 0.0689. The van der Waals surface area contributed by atoms with Crippen LogP contribution in [-0.4, -0.2) is 27.3 Å². The average molecular weight is 380 g/mol. The Kier molecular flexibility index (Phi) is 5.98. The average Bonchev–Trinajstić information content (AvgIpc) is 2.37. The van der Waals surface area contributed by atoms with Gasteiger partial charge in [-0.3, -0.25) is 4.79 Å². The van der Waals surface area contributed by atoms with Crippen molar-refractivity contribution in [3.63, 3.8) is 0 Å². The lowest BCUT2D eigenvalue weighted by atomic mass is 9.94. The summed E-state index contributed by atoms with van der Waals surface area (Å²) in [4.78, 5) is 22.4. The molecule has 98 valence electrons. The van der Waals surface area contributed by atoms with Gasteiger partial charge >= 0.3 is 5.97 Å². The minimum Gasteiger partial charge on any atom is -0.479 e. The molecule has 4 nitrogen and oxygen atoms in total. The Balaban J connectivity index is 3.24. The van der Waals surface area contributed by atoms with Crippen LogP contribution in [0.3, 0.4) is 0 Å². The number of Topliss-reactive ketones (excluding diaryl/α,β-unsaturated/α-hetero) is 1. The van der Waals surface area contributed by atoms with E-state index in [0.29, 0.717) is 22.0 Å². The molecule has 0 amide bonds. The number of rotatable bonds is 6. The number of ketones is 1. The largest absolute Gasteiger partial charge is 0.479 e. The van der Waals surface area contributed by atoms with Crippen LogP contribution in [0, 0.1) is 0 Å². The Hall–Kier alpha value is -0.720. The molecule has 0 fully saturated rings. The molecule has 0 heterocycles. The number of alkyl halides is 2. The van der Waals surface area contributed by atoms with Crippen molar-refractivity contribution in [1.29, 1.82) is 0 Å². The molecular weight excluding hydrogens is 368 g/mol. The van der Waals surface area contributed by atoms with Gasteiger partial charge in [0.1, 0.15) is 5.78 Å². The lowest BCUT2D eigenvalue weighted by molar-refractivity contribution is -0.147. The molecule has 2 N–H and O–H groups in total. The van der Waals surface area contributed by atoms with Crippen LogP contribution in [0.5, 0.6) is 0 Å². The standard InChI is InChI=1S/C12H12Br2O4/c13-5-8-3-1-2-7(4-9(15)6-14)10(8)11(16)12(17)18/h1-3,11,16H,4-6H2,(H,17,18). The molecule has 6 heteroatoms. The molecule has 1 aromatic rings. The zero-order valence-electron chi connectivity index (χ0n) is 9.40. The molecule has 1 atom stereocenters. The molecule has 18 heavy (non-hydrogen) atoms. The fraction of sp³-hybridized carbons (Fsp3) is 0.333. The van der Waals surface area contributed by atoms with Crippen LogP contribution in [0.25, 0.3) is 0 Å². The number of hydrogen-bond acceptors (Lipinski definition) is 3. The van der Waals surface area contributed by atoms with Crippen LogP contribution >= 0.6 is 31.9 Å². The summed E-state index contributed by atoms with van der Waals surface area (Å²) in [7, 11) is 0. The Morgan fingerprint density at radius 1 is 1.22 bits per heavy atom. The summed E-state index contributed by atoms with van der Waals surface area (Å²) in [5.74, 6) is -1.39. The summed E-state index contributed by atoms with van der Waals surface area (Å²) in [6.45, 7) is 0. The third-order valence-corrected chi connectivity index (χ3v) is 3.70. The van der Waals surface area contributed by atoms with Gasteiger partial charge in [0.25, 0.3) is 0 Å². The zero-order valence-corrected chi connectivity index (χ0v) is 12.6. The highest BCUT2D eigenvalue weighted by Crippen LogP contribution is 2.25. The van der Waals surface area contributed by atoms with Crippen molar-refractivity contribution >= 4 is 43.6 Å². The van der Waals surface area contributed by atoms with E-state index in [1.807, 2.05) is 0 Å². The van der Waals surface area contributed by atoms with E-state index in [1.165, 1.54) is 0 Å². The van der Waals surface area contributed by atoms with E-state index in [9.17, 15) is 14.7 Å². The summed E-state index contributed by atoms with van der Waals surface area (Å²) >= 11 is 6.31. The number of halogens is 2. The number of aliphatic hydroxyl groups is 1. The van der Waals surface area contributed by atoms with E-state index in [-0.39, 0.29) is 17.5 Å². The highest BCUT2D eigenvalue weighted by molar-refractivity contribution is 9.09. The third-order valence-electron chi connectivity index (χ3n) is 2.47. The summed E-state index contributed by atoms with van der Waals surface area (Å²) in [6, 6.07) is 5.12. The van der Waals surface area contributed by atoms with Crippen LogP contribution < -0.4 is 0 Å². The molecule has 1 unspecified atom stereocenters.